The average Bonchev–Trinajstić information content (AvgIpc) is 2.40. The molecule has 0 aromatic heterocycles. The van der Waals surface area contributed by atoms with E-state index in [1.807, 2.05) is 6.07 Å². The zero-order valence-electron chi connectivity index (χ0n) is 10.6. The van der Waals surface area contributed by atoms with Crippen LogP contribution in [0.15, 0.2) is 18.2 Å². The molecule has 0 aliphatic heterocycles. The number of nitrogens with zero attached hydrogens (tertiary/aromatic N) is 1. The van der Waals surface area contributed by atoms with Crippen LogP contribution in [-0.4, -0.2) is 25.1 Å². The normalized spacial score (nSPS) is 11.0. The number of benzene rings is 1. The van der Waals surface area contributed by atoms with Crippen LogP contribution in [0.3, 0.4) is 0 Å². The summed E-state index contributed by atoms with van der Waals surface area (Å²) in [5.41, 5.74) is 6.18. The van der Waals surface area contributed by atoms with Gasteiger partial charge in [0.05, 0.1) is 5.56 Å². The van der Waals surface area contributed by atoms with E-state index in [-0.39, 0.29) is 11.3 Å². The van der Waals surface area contributed by atoms with Crippen molar-refractivity contribution in [2.75, 3.05) is 12.8 Å². The Balaban J connectivity index is 2.77. The second-order valence-corrected chi connectivity index (χ2v) is 3.70. The van der Waals surface area contributed by atoms with E-state index >= 15 is 0 Å². The van der Waals surface area contributed by atoms with Gasteiger partial charge in [-0.1, -0.05) is 0 Å². The van der Waals surface area contributed by atoms with Crippen molar-refractivity contribution in [3.8, 4) is 11.8 Å². The lowest BCUT2D eigenvalue weighted by Gasteiger charge is -2.15. The molecular formula is C12H14N4O3. The van der Waals surface area contributed by atoms with Crippen molar-refractivity contribution in [3.63, 3.8) is 0 Å². The van der Waals surface area contributed by atoms with Crippen molar-refractivity contribution in [3.05, 3.63) is 23.8 Å². The van der Waals surface area contributed by atoms with Gasteiger partial charge in [-0.25, -0.2) is 4.79 Å². The van der Waals surface area contributed by atoms with Gasteiger partial charge >= 0.3 is 6.03 Å². The van der Waals surface area contributed by atoms with Crippen LogP contribution in [0.25, 0.3) is 0 Å². The van der Waals surface area contributed by atoms with Crippen molar-refractivity contribution in [1.29, 1.82) is 5.26 Å². The molecule has 1 atom stereocenters. The summed E-state index contributed by atoms with van der Waals surface area (Å²) in [6, 6.07) is 5.79. The van der Waals surface area contributed by atoms with Crippen molar-refractivity contribution < 1.29 is 14.3 Å². The van der Waals surface area contributed by atoms with Crippen molar-refractivity contribution in [1.82, 2.24) is 10.6 Å². The van der Waals surface area contributed by atoms with Crippen LogP contribution in [0.1, 0.15) is 12.5 Å². The summed E-state index contributed by atoms with van der Waals surface area (Å²) in [7, 11) is 1.39. The summed E-state index contributed by atoms with van der Waals surface area (Å²) in [5, 5.41) is 13.3. The molecule has 7 heteroatoms. The van der Waals surface area contributed by atoms with Gasteiger partial charge in [-0.05, 0) is 25.1 Å². The maximum Gasteiger partial charge on any atom is 0.321 e. The van der Waals surface area contributed by atoms with Crippen molar-refractivity contribution >= 4 is 17.6 Å². The zero-order chi connectivity index (χ0) is 14.4. The van der Waals surface area contributed by atoms with Crippen LogP contribution in [-0.2, 0) is 4.79 Å². The molecule has 0 saturated carbocycles. The largest absolute Gasteiger partial charge is 0.479 e. The van der Waals surface area contributed by atoms with E-state index in [1.54, 1.807) is 6.07 Å². The topological polar surface area (TPSA) is 117 Å². The second kappa shape index (κ2) is 6.26. The zero-order valence-corrected chi connectivity index (χ0v) is 10.6. The molecular weight excluding hydrogens is 248 g/mol. The molecule has 0 fully saturated rings. The molecule has 100 valence electrons. The molecule has 3 amide bonds. The number of amides is 3. The number of hydrogen-bond donors (Lipinski definition) is 3. The lowest BCUT2D eigenvalue weighted by Crippen LogP contribution is -2.44. The third kappa shape index (κ3) is 3.89. The van der Waals surface area contributed by atoms with E-state index in [2.05, 4.69) is 10.6 Å². The second-order valence-electron chi connectivity index (χ2n) is 3.70. The van der Waals surface area contributed by atoms with E-state index < -0.39 is 18.0 Å². The molecule has 1 aromatic carbocycles. The Morgan fingerprint density at radius 2 is 2.16 bits per heavy atom. The number of anilines is 1. The summed E-state index contributed by atoms with van der Waals surface area (Å²) < 4.78 is 5.33. The fourth-order valence-electron chi connectivity index (χ4n) is 1.26. The predicted molar refractivity (Wildman–Crippen MR) is 68.3 cm³/mol. The summed E-state index contributed by atoms with van der Waals surface area (Å²) in [6.45, 7) is 1.47. The number of carbonyl (C=O) groups is 2. The highest BCUT2D eigenvalue weighted by atomic mass is 16.5. The van der Waals surface area contributed by atoms with Crippen LogP contribution < -0.4 is 21.1 Å². The third-order valence-corrected chi connectivity index (χ3v) is 2.26. The van der Waals surface area contributed by atoms with E-state index in [9.17, 15) is 9.59 Å². The van der Waals surface area contributed by atoms with Crippen LogP contribution in [0.5, 0.6) is 5.75 Å². The first-order chi connectivity index (χ1) is 8.97. The number of nitriles is 1. The smallest absolute Gasteiger partial charge is 0.321 e. The molecule has 0 saturated heterocycles. The first-order valence-corrected chi connectivity index (χ1v) is 5.46. The first-order valence-electron chi connectivity index (χ1n) is 5.46. The molecule has 4 N–H and O–H groups in total. The van der Waals surface area contributed by atoms with Crippen molar-refractivity contribution in [2.24, 2.45) is 0 Å². The Kier molecular flexibility index (Phi) is 4.71. The molecule has 1 rings (SSSR count). The monoisotopic (exact) mass is 262 g/mol. The van der Waals surface area contributed by atoms with Gasteiger partial charge in [0, 0.05) is 12.7 Å². The van der Waals surface area contributed by atoms with Crippen LogP contribution >= 0.6 is 0 Å². The molecule has 0 bridgehead atoms. The predicted octanol–water partition coefficient (Wildman–Crippen LogP) is 0.363. The Morgan fingerprint density at radius 1 is 1.47 bits per heavy atom. The molecule has 1 aromatic rings. The van der Waals surface area contributed by atoms with E-state index in [0.717, 1.165) is 0 Å². The van der Waals surface area contributed by atoms with E-state index in [1.165, 1.54) is 26.1 Å². The van der Waals surface area contributed by atoms with Gasteiger partial charge in [0.2, 0.25) is 0 Å². The number of nitrogen functional groups attached to an aromatic ring is 1. The van der Waals surface area contributed by atoms with Gasteiger partial charge in [-0.2, -0.15) is 5.26 Å². The molecule has 0 aliphatic carbocycles. The molecule has 19 heavy (non-hydrogen) atoms. The maximum absolute atomic E-state index is 11.6. The minimum Gasteiger partial charge on any atom is -0.479 e. The lowest BCUT2D eigenvalue weighted by molar-refractivity contribution is -0.126. The van der Waals surface area contributed by atoms with Gasteiger partial charge in [-0.15, -0.1) is 0 Å². The number of hydrogen-bond acceptors (Lipinski definition) is 5. The van der Waals surface area contributed by atoms with Gasteiger partial charge in [0.1, 0.15) is 11.8 Å². The number of ether oxygens (including phenoxy) is 1. The number of urea groups is 1. The van der Waals surface area contributed by atoms with Gasteiger partial charge in [0.25, 0.3) is 5.91 Å². The number of nitrogens with two attached hydrogens (primary N) is 1. The van der Waals surface area contributed by atoms with Crippen LogP contribution in [0.2, 0.25) is 0 Å². The molecule has 7 nitrogen and oxygen atoms in total. The highest BCUT2D eigenvalue weighted by Crippen LogP contribution is 2.21. The minimum atomic E-state index is -0.923. The standard InChI is InChI=1S/C12H14N4O3/c1-7(11(17)16-12(18)15-2)19-10-4-3-9(14)5-8(10)6-13/h3-5,7H,14H2,1-2H3,(H2,15,16,17,18). The quantitative estimate of drug-likeness (QED) is 0.680. The van der Waals surface area contributed by atoms with Gasteiger partial charge < -0.3 is 15.8 Å². The van der Waals surface area contributed by atoms with Gasteiger partial charge in [-0.3, -0.25) is 10.1 Å². The van der Waals surface area contributed by atoms with E-state index in [0.29, 0.717) is 5.69 Å². The fourth-order valence-corrected chi connectivity index (χ4v) is 1.26. The summed E-state index contributed by atoms with van der Waals surface area (Å²) in [5.74, 6) is -0.378. The maximum atomic E-state index is 11.6. The number of nitrogens with one attached hydrogen (secondary N) is 2. The molecule has 0 radical (unpaired) electrons. The lowest BCUT2D eigenvalue weighted by atomic mass is 10.2. The molecule has 1 unspecified atom stereocenters. The fraction of sp³-hybridized carbons (Fsp3) is 0.250. The SMILES string of the molecule is CNC(=O)NC(=O)C(C)Oc1ccc(N)cc1C#N. The number of imide groups is 1. The Morgan fingerprint density at radius 3 is 2.74 bits per heavy atom. The average molecular weight is 262 g/mol. The summed E-state index contributed by atoms with van der Waals surface area (Å²) >= 11 is 0. The first kappa shape index (κ1) is 14.3. The molecule has 0 heterocycles. The van der Waals surface area contributed by atoms with E-state index in [4.69, 9.17) is 15.7 Å². The van der Waals surface area contributed by atoms with Gasteiger partial charge in [0.15, 0.2) is 6.10 Å². The van der Waals surface area contributed by atoms with Crippen LogP contribution in [0.4, 0.5) is 10.5 Å². The number of carbonyl (C=O) groups excluding carboxylic acids is 2. The number of rotatable bonds is 3. The highest BCUT2D eigenvalue weighted by molar-refractivity contribution is 5.96. The Bertz CT molecular complexity index is 536. The summed E-state index contributed by atoms with van der Waals surface area (Å²) in [4.78, 5) is 22.6. The Labute approximate surface area is 110 Å². The Hall–Kier alpha value is -2.75. The molecule has 0 spiro atoms. The van der Waals surface area contributed by atoms with Crippen LogP contribution in [0, 0.1) is 11.3 Å². The minimum absolute atomic E-state index is 0.222. The van der Waals surface area contributed by atoms with Crippen molar-refractivity contribution in [2.45, 2.75) is 13.0 Å². The highest BCUT2D eigenvalue weighted by Gasteiger charge is 2.18. The summed E-state index contributed by atoms with van der Waals surface area (Å²) in [6.07, 6.45) is -0.923. The molecule has 0 aliphatic rings. The third-order valence-electron chi connectivity index (χ3n) is 2.26.